The highest BCUT2D eigenvalue weighted by Gasteiger charge is 2.38. The van der Waals surface area contributed by atoms with Crippen LogP contribution < -0.4 is 20.9 Å². The van der Waals surface area contributed by atoms with Crippen molar-refractivity contribution in [1.82, 2.24) is 25.1 Å². The predicted molar refractivity (Wildman–Crippen MR) is 163 cm³/mol. The number of piperazine rings is 1. The van der Waals surface area contributed by atoms with Gasteiger partial charge in [0.05, 0.1) is 12.6 Å². The summed E-state index contributed by atoms with van der Waals surface area (Å²) in [6.07, 6.45) is -0.430. The van der Waals surface area contributed by atoms with E-state index in [9.17, 15) is 27.6 Å². The number of amides is 3. The number of alkyl halides is 3. The summed E-state index contributed by atoms with van der Waals surface area (Å²) < 4.78 is 33.7. The van der Waals surface area contributed by atoms with E-state index < -0.39 is 24.0 Å². The van der Waals surface area contributed by atoms with E-state index in [2.05, 4.69) is 25.8 Å². The monoisotopic (exact) mass is 663 g/mol. The minimum Gasteiger partial charge on any atom is -0.475 e. The molecule has 16 heteroatoms. The molecule has 4 N–H and O–H groups in total. The van der Waals surface area contributed by atoms with Gasteiger partial charge in [-0.05, 0) is 47.9 Å². The van der Waals surface area contributed by atoms with Crippen molar-refractivity contribution in [2.75, 3.05) is 42.9 Å². The first-order valence-corrected chi connectivity index (χ1v) is 14.7. The highest BCUT2D eigenvalue weighted by atomic mass is 35.5. The SMILES string of the molecule is Cn1ccnc1C1CNCCN1CCNC(=O)C(=O)Nc1ccc2c(c1)CCC(=O)N2Cc1ccc(Cl)cc1.O=C(O)C(F)(F)F. The number of carbonyl (C=O) groups is 4. The number of imidazole rings is 1. The largest absolute Gasteiger partial charge is 0.490 e. The van der Waals surface area contributed by atoms with Crippen molar-refractivity contribution in [3.05, 3.63) is 76.8 Å². The lowest BCUT2D eigenvalue weighted by molar-refractivity contribution is -0.192. The molecule has 0 spiro atoms. The number of halogens is 4. The smallest absolute Gasteiger partial charge is 0.475 e. The number of carboxylic acids is 1. The highest BCUT2D eigenvalue weighted by molar-refractivity contribution is 6.39. The second kappa shape index (κ2) is 15.2. The first kappa shape index (κ1) is 34.4. The molecular formula is C30H33ClF3N7O5. The van der Waals surface area contributed by atoms with E-state index in [-0.39, 0.29) is 11.9 Å². The fourth-order valence-electron chi connectivity index (χ4n) is 5.13. The maximum Gasteiger partial charge on any atom is 0.490 e. The second-order valence-corrected chi connectivity index (χ2v) is 11.1. The van der Waals surface area contributed by atoms with E-state index in [0.29, 0.717) is 43.2 Å². The van der Waals surface area contributed by atoms with E-state index in [1.165, 1.54) is 0 Å². The van der Waals surface area contributed by atoms with Gasteiger partial charge in [0.1, 0.15) is 5.82 Å². The molecule has 2 aliphatic rings. The zero-order valence-corrected chi connectivity index (χ0v) is 25.6. The molecule has 0 saturated carbocycles. The van der Waals surface area contributed by atoms with E-state index in [0.717, 1.165) is 42.3 Å². The molecule has 246 valence electrons. The summed E-state index contributed by atoms with van der Waals surface area (Å²) in [6, 6.07) is 12.9. The van der Waals surface area contributed by atoms with Gasteiger partial charge in [-0.3, -0.25) is 19.3 Å². The first-order valence-electron chi connectivity index (χ1n) is 14.3. The van der Waals surface area contributed by atoms with Crippen LogP contribution in [0.4, 0.5) is 24.5 Å². The Balaban J connectivity index is 0.000000617. The number of nitrogens with one attached hydrogen (secondary N) is 3. The van der Waals surface area contributed by atoms with Gasteiger partial charge in [-0.15, -0.1) is 0 Å². The van der Waals surface area contributed by atoms with Crippen molar-refractivity contribution < 1.29 is 37.5 Å². The summed E-state index contributed by atoms with van der Waals surface area (Å²) in [7, 11) is 1.97. The van der Waals surface area contributed by atoms with Gasteiger partial charge in [0.2, 0.25) is 5.91 Å². The molecule has 12 nitrogen and oxygen atoms in total. The van der Waals surface area contributed by atoms with Gasteiger partial charge in [0, 0.05) is 75.0 Å². The van der Waals surface area contributed by atoms with E-state index >= 15 is 0 Å². The van der Waals surface area contributed by atoms with Crippen molar-refractivity contribution >= 4 is 46.7 Å². The number of rotatable bonds is 7. The number of hydrogen-bond donors (Lipinski definition) is 4. The lowest BCUT2D eigenvalue weighted by Gasteiger charge is -2.35. The quantitative estimate of drug-likeness (QED) is 0.282. The third kappa shape index (κ3) is 9.05. The molecule has 0 bridgehead atoms. The number of benzene rings is 2. The molecule has 1 fully saturated rings. The molecule has 5 rings (SSSR count). The van der Waals surface area contributed by atoms with Crippen LogP contribution in [0.2, 0.25) is 5.02 Å². The number of anilines is 2. The molecule has 1 aromatic heterocycles. The Labute approximate surface area is 267 Å². The minimum atomic E-state index is -5.08. The van der Waals surface area contributed by atoms with Gasteiger partial charge in [-0.1, -0.05) is 23.7 Å². The summed E-state index contributed by atoms with van der Waals surface area (Å²) in [5.74, 6) is -3.15. The Hall–Kier alpha value is -4.47. The lowest BCUT2D eigenvalue weighted by Crippen LogP contribution is -2.49. The Morgan fingerprint density at radius 2 is 1.83 bits per heavy atom. The van der Waals surface area contributed by atoms with Gasteiger partial charge in [0.25, 0.3) is 0 Å². The maximum atomic E-state index is 12.7. The van der Waals surface area contributed by atoms with E-state index in [1.807, 2.05) is 42.1 Å². The second-order valence-electron chi connectivity index (χ2n) is 10.6. The molecule has 2 aromatic carbocycles. The number of aromatic nitrogens is 2. The fourth-order valence-corrected chi connectivity index (χ4v) is 5.26. The third-order valence-corrected chi connectivity index (χ3v) is 7.69. The summed E-state index contributed by atoms with van der Waals surface area (Å²) in [5.41, 5.74) is 3.25. The van der Waals surface area contributed by atoms with Crippen molar-refractivity contribution in [3.63, 3.8) is 0 Å². The molecule has 1 saturated heterocycles. The topological polar surface area (TPSA) is 149 Å². The van der Waals surface area contributed by atoms with Gasteiger partial charge >= 0.3 is 24.0 Å². The summed E-state index contributed by atoms with van der Waals surface area (Å²) in [6.45, 7) is 3.85. The van der Waals surface area contributed by atoms with Gasteiger partial charge in [-0.2, -0.15) is 13.2 Å². The van der Waals surface area contributed by atoms with Crippen molar-refractivity contribution in [2.24, 2.45) is 7.05 Å². The van der Waals surface area contributed by atoms with E-state index in [1.54, 1.807) is 29.3 Å². The molecule has 3 aromatic rings. The Kier molecular flexibility index (Phi) is 11.4. The molecule has 3 heterocycles. The zero-order chi connectivity index (χ0) is 33.4. The first-order chi connectivity index (χ1) is 21.8. The molecular weight excluding hydrogens is 631 g/mol. The number of fused-ring (bicyclic) bond motifs is 1. The van der Waals surface area contributed by atoms with Crippen LogP contribution in [0, 0.1) is 0 Å². The third-order valence-electron chi connectivity index (χ3n) is 7.44. The number of aryl methyl sites for hydroxylation is 2. The predicted octanol–water partition coefficient (Wildman–Crippen LogP) is 2.89. The number of carbonyl (C=O) groups excluding carboxylic acids is 3. The molecule has 1 unspecified atom stereocenters. The van der Waals surface area contributed by atoms with Crippen LogP contribution in [-0.2, 0) is 39.2 Å². The van der Waals surface area contributed by atoms with Gasteiger partial charge in [0.15, 0.2) is 0 Å². The van der Waals surface area contributed by atoms with E-state index in [4.69, 9.17) is 21.5 Å². The van der Waals surface area contributed by atoms with Crippen molar-refractivity contribution in [2.45, 2.75) is 31.6 Å². The van der Waals surface area contributed by atoms with Gasteiger partial charge < -0.3 is 30.5 Å². The van der Waals surface area contributed by atoms with Crippen LogP contribution in [0.15, 0.2) is 54.9 Å². The van der Waals surface area contributed by atoms with Crippen LogP contribution in [0.5, 0.6) is 0 Å². The number of hydrogen-bond acceptors (Lipinski definition) is 7. The molecule has 1 atom stereocenters. The van der Waals surface area contributed by atoms with Crippen LogP contribution in [-0.4, -0.2) is 82.1 Å². The molecule has 0 radical (unpaired) electrons. The van der Waals surface area contributed by atoms with Crippen molar-refractivity contribution in [3.8, 4) is 0 Å². The average molecular weight is 664 g/mol. The summed E-state index contributed by atoms with van der Waals surface area (Å²) >= 11 is 5.99. The van der Waals surface area contributed by atoms with Crippen LogP contribution in [0.25, 0.3) is 0 Å². The van der Waals surface area contributed by atoms with Crippen LogP contribution in [0.3, 0.4) is 0 Å². The molecule has 3 amide bonds. The average Bonchev–Trinajstić information content (AvgIpc) is 3.45. The minimum absolute atomic E-state index is 0.0447. The zero-order valence-electron chi connectivity index (χ0n) is 24.8. The Morgan fingerprint density at radius 3 is 2.48 bits per heavy atom. The Morgan fingerprint density at radius 1 is 1.11 bits per heavy atom. The van der Waals surface area contributed by atoms with Crippen LogP contribution in [0.1, 0.15) is 29.4 Å². The number of nitrogens with zero attached hydrogens (tertiary/aromatic N) is 4. The van der Waals surface area contributed by atoms with Crippen LogP contribution >= 0.6 is 11.6 Å². The molecule has 46 heavy (non-hydrogen) atoms. The fraction of sp³-hybridized carbons (Fsp3) is 0.367. The Bertz CT molecular complexity index is 1560. The molecule has 0 aliphatic carbocycles. The number of carboxylic acid groups (broad SMARTS) is 1. The van der Waals surface area contributed by atoms with Gasteiger partial charge in [-0.25, -0.2) is 9.78 Å². The standard InChI is InChI=1S/C28H32ClN7O3.C2HF3O2/c1-34-13-11-31-26(34)24-17-30-10-14-35(24)15-12-32-27(38)28(39)33-22-7-8-23-20(16-22)4-9-25(37)36(23)18-19-2-5-21(29)6-3-19;3-2(4,5)1(6)7/h2-3,5-8,11,13,16,24,30H,4,9-10,12,14-15,17-18H2,1H3,(H,32,38)(H,33,39);(H,6,7). The lowest BCUT2D eigenvalue weighted by atomic mass is 9.99. The van der Waals surface area contributed by atoms with Crippen molar-refractivity contribution in [1.29, 1.82) is 0 Å². The summed E-state index contributed by atoms with van der Waals surface area (Å²) in [5, 5.41) is 16.6. The molecule has 2 aliphatic heterocycles. The normalized spacial score (nSPS) is 16.6. The summed E-state index contributed by atoms with van der Waals surface area (Å²) in [4.78, 5) is 55.2. The maximum absolute atomic E-state index is 12.7. The highest BCUT2D eigenvalue weighted by Crippen LogP contribution is 2.32. The number of aliphatic carboxylic acids is 1.